The van der Waals surface area contributed by atoms with Gasteiger partial charge in [0, 0.05) is 19.3 Å². The summed E-state index contributed by atoms with van der Waals surface area (Å²) in [6.45, 7) is 2.57. The number of benzene rings is 1. The van der Waals surface area contributed by atoms with E-state index in [-0.39, 0.29) is 18.1 Å². The molecule has 1 heterocycles. The smallest absolute Gasteiger partial charge is 0.251 e. The van der Waals surface area contributed by atoms with Crippen molar-refractivity contribution in [1.29, 1.82) is 0 Å². The highest BCUT2D eigenvalue weighted by Gasteiger charge is 2.30. The van der Waals surface area contributed by atoms with Crippen molar-refractivity contribution in [3.8, 4) is 0 Å². The molecule has 2 unspecified atom stereocenters. The maximum atomic E-state index is 12.1. The second-order valence-corrected chi connectivity index (χ2v) is 4.95. The van der Waals surface area contributed by atoms with E-state index < -0.39 is 0 Å². The number of nitrogens with zero attached hydrogens (tertiary/aromatic N) is 1. The van der Waals surface area contributed by atoms with Crippen molar-refractivity contribution < 1.29 is 9.53 Å². The van der Waals surface area contributed by atoms with Gasteiger partial charge in [0.15, 0.2) is 0 Å². The minimum absolute atomic E-state index is 0.0572. The summed E-state index contributed by atoms with van der Waals surface area (Å²) in [5.41, 5.74) is 7.48. The summed E-state index contributed by atoms with van der Waals surface area (Å²) in [5.74, 6) is 0.0572. The molecule has 2 atom stereocenters. The second-order valence-electron chi connectivity index (χ2n) is 4.95. The molecule has 0 saturated carbocycles. The molecule has 1 aromatic rings. The maximum absolute atomic E-state index is 12.1. The van der Waals surface area contributed by atoms with Crippen LogP contribution >= 0.6 is 0 Å². The van der Waals surface area contributed by atoms with Gasteiger partial charge in [-0.1, -0.05) is 12.1 Å². The van der Waals surface area contributed by atoms with Gasteiger partial charge in [0.25, 0.3) is 5.91 Å². The molecule has 1 aliphatic heterocycles. The van der Waals surface area contributed by atoms with Gasteiger partial charge in [0.05, 0.1) is 6.10 Å². The van der Waals surface area contributed by atoms with Gasteiger partial charge in [0.1, 0.15) is 6.10 Å². The Hall–Kier alpha value is -1.55. The van der Waals surface area contributed by atoms with Gasteiger partial charge in [-0.3, -0.25) is 4.79 Å². The van der Waals surface area contributed by atoms with Crippen LogP contribution < -0.4 is 5.73 Å². The number of hydrogen-bond acceptors (Lipinski definition) is 3. The molecule has 4 heteroatoms. The third-order valence-corrected chi connectivity index (χ3v) is 3.25. The van der Waals surface area contributed by atoms with Crippen molar-refractivity contribution in [3.05, 3.63) is 29.8 Å². The number of nitrogens with two attached hydrogens (primary N) is 1. The Bertz CT molecular complexity index is 434. The highest BCUT2D eigenvalue weighted by molar-refractivity contribution is 5.81. The number of nitrogen functional groups attached to an aromatic ring is 1. The Labute approximate surface area is 108 Å². The van der Waals surface area contributed by atoms with Crippen LogP contribution in [0.5, 0.6) is 0 Å². The predicted octanol–water partition coefficient (Wildman–Crippen LogP) is 1.79. The molecule has 4 nitrogen and oxygen atoms in total. The van der Waals surface area contributed by atoms with Crippen molar-refractivity contribution >= 4 is 11.6 Å². The molecular weight excluding hydrogens is 228 g/mol. The fourth-order valence-electron chi connectivity index (χ4n) is 2.27. The van der Waals surface area contributed by atoms with Crippen LogP contribution in [0.1, 0.15) is 25.3 Å². The average molecular weight is 248 g/mol. The molecule has 0 spiro atoms. The summed E-state index contributed by atoms with van der Waals surface area (Å²) < 4.78 is 5.59. The summed E-state index contributed by atoms with van der Waals surface area (Å²) in [4.78, 5) is 13.9. The van der Waals surface area contributed by atoms with Crippen LogP contribution in [0.2, 0.25) is 0 Å². The van der Waals surface area contributed by atoms with Crippen LogP contribution in [-0.2, 0) is 16.1 Å². The van der Waals surface area contributed by atoms with Crippen LogP contribution in [0.3, 0.4) is 0 Å². The Morgan fingerprint density at radius 3 is 2.89 bits per heavy atom. The first-order chi connectivity index (χ1) is 8.56. The van der Waals surface area contributed by atoms with Gasteiger partial charge in [0.2, 0.25) is 0 Å². The van der Waals surface area contributed by atoms with E-state index >= 15 is 0 Å². The maximum Gasteiger partial charge on any atom is 0.251 e. The lowest BCUT2D eigenvalue weighted by Crippen LogP contribution is -2.35. The normalized spacial score (nSPS) is 23.0. The zero-order chi connectivity index (χ0) is 13.1. The molecule has 0 radical (unpaired) electrons. The largest absolute Gasteiger partial charge is 0.399 e. The van der Waals surface area contributed by atoms with Crippen LogP contribution in [0.15, 0.2) is 24.3 Å². The standard InChI is InChI=1S/C14H20N2O2/c1-10-6-7-13(18-10)14(17)16(2)9-11-4-3-5-12(15)8-11/h3-5,8,10,13H,6-7,9,15H2,1-2H3. The lowest BCUT2D eigenvalue weighted by atomic mass is 10.1. The molecule has 0 aromatic heterocycles. The Morgan fingerprint density at radius 2 is 2.28 bits per heavy atom. The predicted molar refractivity (Wildman–Crippen MR) is 70.9 cm³/mol. The van der Waals surface area contributed by atoms with Crippen molar-refractivity contribution in [2.24, 2.45) is 0 Å². The van der Waals surface area contributed by atoms with E-state index in [1.165, 1.54) is 0 Å². The Morgan fingerprint density at radius 1 is 1.50 bits per heavy atom. The molecule has 1 aromatic carbocycles. The molecule has 1 saturated heterocycles. The zero-order valence-electron chi connectivity index (χ0n) is 10.9. The summed E-state index contributed by atoms with van der Waals surface area (Å²) in [6, 6.07) is 7.60. The number of anilines is 1. The van der Waals surface area contributed by atoms with Crippen molar-refractivity contribution in [1.82, 2.24) is 4.90 Å². The summed E-state index contributed by atoms with van der Waals surface area (Å²) >= 11 is 0. The van der Waals surface area contributed by atoms with E-state index in [0.717, 1.165) is 24.1 Å². The minimum atomic E-state index is -0.272. The van der Waals surface area contributed by atoms with Crippen molar-refractivity contribution in [2.45, 2.75) is 38.5 Å². The number of carbonyl (C=O) groups is 1. The molecular formula is C14H20N2O2. The highest BCUT2D eigenvalue weighted by atomic mass is 16.5. The molecule has 2 N–H and O–H groups in total. The van der Waals surface area contributed by atoms with E-state index in [1.807, 2.05) is 31.2 Å². The van der Waals surface area contributed by atoms with Gasteiger partial charge < -0.3 is 15.4 Å². The number of likely N-dealkylation sites (N-methyl/N-ethyl adjacent to an activating group) is 1. The number of hydrogen-bond donors (Lipinski definition) is 1. The Kier molecular flexibility index (Phi) is 3.87. The molecule has 1 aliphatic rings. The van der Waals surface area contributed by atoms with Crippen LogP contribution in [-0.4, -0.2) is 30.1 Å². The molecule has 0 aliphatic carbocycles. The number of carbonyl (C=O) groups excluding carboxylic acids is 1. The minimum Gasteiger partial charge on any atom is -0.399 e. The van der Waals surface area contributed by atoms with E-state index in [9.17, 15) is 4.79 Å². The van der Waals surface area contributed by atoms with Crippen LogP contribution in [0.25, 0.3) is 0 Å². The van der Waals surface area contributed by atoms with Gasteiger partial charge >= 0.3 is 0 Å². The topological polar surface area (TPSA) is 55.6 Å². The first kappa shape index (κ1) is 12.9. The molecule has 1 amide bonds. The summed E-state index contributed by atoms with van der Waals surface area (Å²) in [5, 5.41) is 0. The third-order valence-electron chi connectivity index (χ3n) is 3.25. The van der Waals surface area contributed by atoms with Gasteiger partial charge in [-0.25, -0.2) is 0 Å². The van der Waals surface area contributed by atoms with Crippen molar-refractivity contribution in [2.75, 3.05) is 12.8 Å². The molecule has 1 fully saturated rings. The SMILES string of the molecule is CC1CCC(C(=O)N(C)Cc2cccc(N)c2)O1. The van der Waals surface area contributed by atoms with E-state index in [4.69, 9.17) is 10.5 Å². The Balaban J connectivity index is 1.95. The zero-order valence-corrected chi connectivity index (χ0v) is 10.9. The van der Waals surface area contributed by atoms with Gasteiger partial charge in [-0.15, -0.1) is 0 Å². The highest BCUT2D eigenvalue weighted by Crippen LogP contribution is 2.21. The first-order valence-electron chi connectivity index (χ1n) is 6.31. The van der Waals surface area contributed by atoms with Crippen molar-refractivity contribution in [3.63, 3.8) is 0 Å². The number of amides is 1. The second kappa shape index (κ2) is 5.40. The fraction of sp³-hybridized carbons (Fsp3) is 0.500. The summed E-state index contributed by atoms with van der Waals surface area (Å²) in [6.07, 6.45) is 1.70. The first-order valence-corrected chi connectivity index (χ1v) is 6.31. The van der Waals surface area contributed by atoms with Crippen LogP contribution in [0, 0.1) is 0 Å². The van der Waals surface area contributed by atoms with Gasteiger partial charge in [-0.2, -0.15) is 0 Å². The lowest BCUT2D eigenvalue weighted by Gasteiger charge is -2.21. The van der Waals surface area contributed by atoms with E-state index in [2.05, 4.69) is 0 Å². The molecule has 98 valence electrons. The third kappa shape index (κ3) is 3.01. The van der Waals surface area contributed by atoms with E-state index in [0.29, 0.717) is 6.54 Å². The molecule has 18 heavy (non-hydrogen) atoms. The lowest BCUT2D eigenvalue weighted by molar-refractivity contribution is -0.141. The quantitative estimate of drug-likeness (QED) is 0.830. The molecule has 0 bridgehead atoms. The molecule has 2 rings (SSSR count). The average Bonchev–Trinajstić information content (AvgIpc) is 2.75. The number of rotatable bonds is 3. The van der Waals surface area contributed by atoms with Crippen LogP contribution in [0.4, 0.5) is 5.69 Å². The number of ether oxygens (including phenoxy) is 1. The monoisotopic (exact) mass is 248 g/mol. The summed E-state index contributed by atoms with van der Waals surface area (Å²) in [7, 11) is 1.80. The van der Waals surface area contributed by atoms with Gasteiger partial charge in [-0.05, 0) is 37.5 Å². The van der Waals surface area contributed by atoms with E-state index in [1.54, 1.807) is 11.9 Å². The fourth-order valence-corrected chi connectivity index (χ4v) is 2.27.